The van der Waals surface area contributed by atoms with Crippen molar-refractivity contribution in [2.45, 2.75) is 60.5 Å². The Balaban J connectivity index is 1.94. The molecule has 2 heteroatoms. The van der Waals surface area contributed by atoms with Gasteiger partial charge in [-0.25, -0.2) is 9.48 Å². The van der Waals surface area contributed by atoms with E-state index in [1.165, 1.54) is 50.3 Å². The first-order chi connectivity index (χ1) is 14.3. The van der Waals surface area contributed by atoms with Gasteiger partial charge >= 0.3 is 0 Å². The van der Waals surface area contributed by atoms with Gasteiger partial charge < -0.3 is 0 Å². The van der Waals surface area contributed by atoms with Gasteiger partial charge in [-0.05, 0) is 70.7 Å². The van der Waals surface area contributed by atoms with E-state index in [-0.39, 0.29) is 6.04 Å². The molecule has 0 N–H and O–H groups in total. The lowest BCUT2D eigenvalue weighted by molar-refractivity contribution is -0.480. The predicted molar refractivity (Wildman–Crippen MR) is 128 cm³/mol. The quantitative estimate of drug-likeness (QED) is 0.438. The summed E-state index contributed by atoms with van der Waals surface area (Å²) in [6, 6.07) is 20.7. The van der Waals surface area contributed by atoms with Gasteiger partial charge in [-0.15, -0.1) is 0 Å². The first kappa shape index (κ1) is 20.4. The summed E-state index contributed by atoms with van der Waals surface area (Å²) in [7, 11) is 0. The van der Waals surface area contributed by atoms with Gasteiger partial charge in [0, 0.05) is 5.56 Å². The van der Waals surface area contributed by atoms with Crippen LogP contribution in [0.1, 0.15) is 51.9 Å². The first-order valence-corrected chi connectivity index (χ1v) is 10.9. The van der Waals surface area contributed by atoms with Crippen LogP contribution in [0.15, 0.2) is 54.6 Å². The molecule has 30 heavy (non-hydrogen) atoms. The van der Waals surface area contributed by atoms with E-state index in [9.17, 15) is 0 Å². The molecule has 0 aromatic heterocycles. The van der Waals surface area contributed by atoms with Gasteiger partial charge in [-0.2, -0.15) is 0 Å². The minimum atomic E-state index is 0.256. The summed E-state index contributed by atoms with van der Waals surface area (Å²) >= 11 is 0. The van der Waals surface area contributed by atoms with Gasteiger partial charge in [0.2, 0.25) is 6.34 Å². The highest BCUT2D eigenvalue weighted by molar-refractivity contribution is 5.83. The molecule has 0 saturated carbocycles. The Hall–Kier alpha value is -2.87. The third kappa shape index (κ3) is 3.45. The summed E-state index contributed by atoms with van der Waals surface area (Å²) in [6.45, 7) is 15.7. The number of rotatable bonds is 3. The van der Waals surface area contributed by atoms with Crippen molar-refractivity contribution in [3.63, 3.8) is 0 Å². The minimum absolute atomic E-state index is 0.256. The summed E-state index contributed by atoms with van der Waals surface area (Å²) in [6.07, 6.45) is 2.34. The van der Waals surface area contributed by atoms with Crippen LogP contribution in [0.2, 0.25) is 0 Å². The fraction of sp³-hybridized carbons (Fsp3) is 0.321. The Morgan fingerprint density at radius 2 is 1.20 bits per heavy atom. The summed E-state index contributed by atoms with van der Waals surface area (Å²) in [5.74, 6) is 0. The molecule has 0 bridgehead atoms. The van der Waals surface area contributed by atoms with Gasteiger partial charge in [0.15, 0.2) is 6.04 Å². The van der Waals surface area contributed by atoms with Crippen LogP contribution in [0.3, 0.4) is 0 Å². The molecule has 1 aliphatic heterocycles. The van der Waals surface area contributed by atoms with E-state index in [2.05, 4.69) is 119 Å². The topological polar surface area (TPSA) is 6.25 Å². The van der Waals surface area contributed by atoms with E-state index in [1.807, 2.05) is 0 Å². The normalized spacial score (nSPS) is 18.6. The zero-order valence-electron chi connectivity index (χ0n) is 19.3. The first-order valence-electron chi connectivity index (χ1n) is 10.9. The van der Waals surface area contributed by atoms with Crippen LogP contribution in [-0.2, 0) is 0 Å². The number of benzene rings is 3. The van der Waals surface area contributed by atoms with E-state index >= 15 is 0 Å². The standard InChI is InChI=1S/C28H33N2/c1-18-13-20(3)26(21(4)14-18)29-17-30(27-22(5)15-19(2)16-23(27)6)28(24(29)7)25-11-9-8-10-12-25/h8-17,24,28H,1-7H3/q+1/t24-,28-/m0/s1. The maximum atomic E-state index is 2.50. The van der Waals surface area contributed by atoms with E-state index in [0.717, 1.165) is 0 Å². The third-order valence-corrected chi connectivity index (χ3v) is 6.37. The highest BCUT2D eigenvalue weighted by atomic mass is 15.3. The smallest absolute Gasteiger partial charge is 0.226 e. The van der Waals surface area contributed by atoms with E-state index in [0.29, 0.717) is 6.04 Å². The lowest BCUT2D eigenvalue weighted by Gasteiger charge is -2.23. The summed E-state index contributed by atoms with van der Waals surface area (Å²) in [4.78, 5) is 2.49. The molecule has 0 amide bonds. The monoisotopic (exact) mass is 397 g/mol. The minimum Gasteiger partial charge on any atom is -0.226 e. The molecule has 2 nitrogen and oxygen atoms in total. The molecule has 4 rings (SSSR count). The van der Waals surface area contributed by atoms with Crippen LogP contribution >= 0.6 is 0 Å². The average Bonchev–Trinajstić information content (AvgIpc) is 2.97. The van der Waals surface area contributed by atoms with Crippen LogP contribution in [0, 0.1) is 41.5 Å². The molecule has 1 aliphatic rings. The van der Waals surface area contributed by atoms with Crippen molar-refractivity contribution in [1.82, 2.24) is 0 Å². The zero-order chi connectivity index (χ0) is 21.6. The lowest BCUT2D eigenvalue weighted by Crippen LogP contribution is -2.32. The van der Waals surface area contributed by atoms with Gasteiger partial charge in [-0.1, -0.05) is 65.7 Å². The average molecular weight is 398 g/mol. The Morgan fingerprint density at radius 1 is 0.700 bits per heavy atom. The molecule has 154 valence electrons. The number of nitrogens with zero attached hydrogens (tertiary/aromatic N) is 2. The van der Waals surface area contributed by atoms with Gasteiger partial charge in [0.05, 0.1) is 0 Å². The van der Waals surface area contributed by atoms with Crippen molar-refractivity contribution in [2.24, 2.45) is 0 Å². The molecular weight excluding hydrogens is 364 g/mol. The predicted octanol–water partition coefficient (Wildman–Crippen LogP) is 6.86. The summed E-state index contributed by atoms with van der Waals surface area (Å²) in [5.41, 5.74) is 12.0. The van der Waals surface area contributed by atoms with E-state index in [1.54, 1.807) is 0 Å². The highest BCUT2D eigenvalue weighted by Crippen LogP contribution is 2.40. The highest BCUT2D eigenvalue weighted by Gasteiger charge is 2.43. The maximum absolute atomic E-state index is 2.50. The molecule has 1 heterocycles. The van der Waals surface area contributed by atoms with Crippen molar-refractivity contribution in [2.75, 3.05) is 4.90 Å². The Bertz CT molecular complexity index is 1080. The Labute approximate surface area is 181 Å². The SMILES string of the molecule is Cc1cc(C)c(N2C=[N+](c3c(C)cc(C)cc3C)[C@H](c3ccccc3)[C@@H]2C)c(C)c1. The number of hydrogen-bond donors (Lipinski definition) is 0. The van der Waals surface area contributed by atoms with Gasteiger partial charge in [0.1, 0.15) is 17.4 Å². The molecule has 0 fully saturated rings. The molecule has 0 radical (unpaired) electrons. The van der Waals surface area contributed by atoms with Crippen molar-refractivity contribution in [1.29, 1.82) is 0 Å². The number of aryl methyl sites for hydroxylation is 6. The second-order valence-electron chi connectivity index (χ2n) is 9.02. The molecule has 3 aromatic carbocycles. The van der Waals surface area contributed by atoms with Crippen LogP contribution in [0.25, 0.3) is 0 Å². The number of anilines is 1. The van der Waals surface area contributed by atoms with Crippen molar-refractivity contribution in [3.8, 4) is 0 Å². The number of hydrogen-bond acceptors (Lipinski definition) is 1. The fourth-order valence-electron chi connectivity index (χ4n) is 5.40. The van der Waals surface area contributed by atoms with Gasteiger partial charge in [-0.3, -0.25) is 0 Å². The molecule has 2 atom stereocenters. The summed E-state index contributed by atoms with van der Waals surface area (Å²) < 4.78 is 2.50. The Morgan fingerprint density at radius 3 is 1.73 bits per heavy atom. The van der Waals surface area contributed by atoms with E-state index < -0.39 is 0 Å². The fourth-order valence-corrected chi connectivity index (χ4v) is 5.40. The lowest BCUT2D eigenvalue weighted by atomic mass is 9.96. The summed E-state index contributed by atoms with van der Waals surface area (Å²) in [5, 5.41) is 0. The zero-order valence-corrected chi connectivity index (χ0v) is 19.3. The van der Waals surface area contributed by atoms with Crippen LogP contribution in [-0.4, -0.2) is 17.0 Å². The van der Waals surface area contributed by atoms with Crippen molar-refractivity contribution >= 4 is 17.7 Å². The van der Waals surface area contributed by atoms with Crippen molar-refractivity contribution < 1.29 is 4.58 Å². The van der Waals surface area contributed by atoms with Crippen LogP contribution in [0.4, 0.5) is 11.4 Å². The molecule has 0 saturated heterocycles. The second kappa shape index (κ2) is 7.75. The van der Waals surface area contributed by atoms with Crippen LogP contribution in [0.5, 0.6) is 0 Å². The molecule has 0 spiro atoms. The second-order valence-corrected chi connectivity index (χ2v) is 9.02. The van der Waals surface area contributed by atoms with E-state index in [4.69, 9.17) is 0 Å². The van der Waals surface area contributed by atoms with Gasteiger partial charge in [0.25, 0.3) is 0 Å². The largest absolute Gasteiger partial charge is 0.245 e. The van der Waals surface area contributed by atoms with Crippen molar-refractivity contribution in [3.05, 3.63) is 93.5 Å². The molecule has 0 unspecified atom stereocenters. The Kier molecular flexibility index (Phi) is 5.27. The molecular formula is C28H33N2+. The molecule has 0 aliphatic carbocycles. The van der Waals surface area contributed by atoms with Crippen LogP contribution < -0.4 is 4.90 Å². The maximum Gasteiger partial charge on any atom is 0.245 e. The molecule has 3 aromatic rings. The third-order valence-electron chi connectivity index (χ3n) is 6.37.